The Morgan fingerprint density at radius 1 is 1.35 bits per heavy atom. The summed E-state index contributed by atoms with van der Waals surface area (Å²) in [6.07, 6.45) is 1.38. The molecule has 1 fully saturated rings. The van der Waals surface area contributed by atoms with E-state index in [4.69, 9.17) is 11.0 Å². The van der Waals surface area contributed by atoms with E-state index in [2.05, 4.69) is 20.4 Å². The van der Waals surface area contributed by atoms with Crippen LogP contribution < -0.4 is 11.1 Å². The van der Waals surface area contributed by atoms with Crippen LogP contribution in [0.2, 0.25) is 0 Å². The quantitative estimate of drug-likeness (QED) is 0.433. The summed E-state index contributed by atoms with van der Waals surface area (Å²) in [6.45, 7) is 0. The molecule has 1 saturated carbocycles. The van der Waals surface area contributed by atoms with Gasteiger partial charge >= 0.3 is 6.18 Å². The molecule has 8 nitrogen and oxygen atoms in total. The molecule has 2 heterocycles. The maximum Gasteiger partial charge on any atom is 0.433 e. The van der Waals surface area contributed by atoms with Crippen molar-refractivity contribution in [2.45, 2.75) is 37.9 Å². The summed E-state index contributed by atoms with van der Waals surface area (Å²) in [4.78, 5) is 20.2. The van der Waals surface area contributed by atoms with Gasteiger partial charge in [-0.15, -0.1) is 0 Å². The predicted octanol–water partition coefficient (Wildman–Crippen LogP) is 4.32. The predicted molar refractivity (Wildman–Crippen MR) is 121 cm³/mol. The summed E-state index contributed by atoms with van der Waals surface area (Å²) in [5.74, 6) is -0.595. The van der Waals surface area contributed by atoms with Gasteiger partial charge in [0.25, 0.3) is 5.91 Å². The summed E-state index contributed by atoms with van der Waals surface area (Å²) >= 11 is 0. The molecule has 1 unspecified atom stereocenters. The lowest BCUT2D eigenvalue weighted by Crippen LogP contribution is -2.28. The molecule has 2 atom stereocenters. The second-order valence-electron chi connectivity index (χ2n) is 8.36. The Kier molecular flexibility index (Phi) is 6.24. The maximum atomic E-state index is 13.4. The molecule has 0 spiro atoms. The molecule has 0 bridgehead atoms. The number of hydrogen-bond acceptors (Lipinski definition) is 6. The molecule has 176 valence electrons. The highest BCUT2D eigenvalue weighted by atomic mass is 19.4. The average molecular weight is 469 g/mol. The van der Waals surface area contributed by atoms with Crippen LogP contribution in [0.3, 0.4) is 0 Å². The van der Waals surface area contributed by atoms with Gasteiger partial charge in [0, 0.05) is 42.3 Å². The number of aliphatic imine (C=N–C) groups is 1. The number of benzene rings is 1. The van der Waals surface area contributed by atoms with E-state index in [1.54, 1.807) is 19.3 Å². The first-order valence-electron chi connectivity index (χ1n) is 10.7. The summed E-state index contributed by atoms with van der Waals surface area (Å²) in [5, 5.41) is 16.8. The summed E-state index contributed by atoms with van der Waals surface area (Å²) in [7, 11) is 1.61. The number of anilines is 2. The second-order valence-corrected chi connectivity index (χ2v) is 8.36. The smallest absolute Gasteiger partial charge is 0.399 e. The van der Waals surface area contributed by atoms with Gasteiger partial charge in [-0.1, -0.05) is 6.42 Å². The number of aromatic nitrogens is 3. The van der Waals surface area contributed by atoms with Gasteiger partial charge < -0.3 is 11.1 Å². The summed E-state index contributed by atoms with van der Waals surface area (Å²) < 4.78 is 41.6. The van der Waals surface area contributed by atoms with Crippen molar-refractivity contribution < 1.29 is 18.0 Å². The molecule has 3 aromatic rings. The minimum Gasteiger partial charge on any atom is -0.399 e. The molecule has 11 heteroatoms. The molecule has 1 aromatic carbocycles. The zero-order chi connectivity index (χ0) is 24.5. The van der Waals surface area contributed by atoms with Gasteiger partial charge in [-0.2, -0.15) is 23.5 Å². The number of amides is 1. The maximum absolute atomic E-state index is 13.4. The molecule has 1 aliphatic carbocycles. The summed E-state index contributed by atoms with van der Waals surface area (Å²) in [6, 6.07) is 7.35. The topological polar surface area (TPSA) is 122 Å². The number of halogens is 3. The molecular weight excluding hydrogens is 447 g/mol. The van der Waals surface area contributed by atoms with E-state index in [1.807, 2.05) is 6.07 Å². The third kappa shape index (κ3) is 5.01. The first-order chi connectivity index (χ1) is 16.1. The summed E-state index contributed by atoms with van der Waals surface area (Å²) in [5.41, 5.74) is 5.97. The monoisotopic (exact) mass is 469 g/mol. The fraction of sp³-hybridized carbons (Fsp3) is 0.348. The highest BCUT2D eigenvalue weighted by Crippen LogP contribution is 2.35. The van der Waals surface area contributed by atoms with Crippen molar-refractivity contribution in [2.24, 2.45) is 18.0 Å². The number of carbonyl (C=O) groups is 1. The number of nitrogen functional groups attached to an aromatic ring is 1. The van der Waals surface area contributed by atoms with Gasteiger partial charge in [-0.25, -0.2) is 9.98 Å². The van der Waals surface area contributed by atoms with Gasteiger partial charge in [-0.3, -0.25) is 9.48 Å². The van der Waals surface area contributed by atoms with E-state index in [9.17, 15) is 18.0 Å². The normalized spacial score (nSPS) is 18.8. The number of nitrogens with two attached hydrogens (primary N) is 1. The van der Waals surface area contributed by atoms with Crippen molar-refractivity contribution >= 4 is 34.4 Å². The van der Waals surface area contributed by atoms with Crippen LogP contribution in [0.5, 0.6) is 0 Å². The van der Waals surface area contributed by atoms with Crippen LogP contribution in [0.4, 0.5) is 24.5 Å². The molecule has 4 rings (SSSR count). The van der Waals surface area contributed by atoms with Crippen LogP contribution in [0.25, 0.3) is 10.9 Å². The van der Waals surface area contributed by atoms with Gasteiger partial charge in [0.2, 0.25) is 0 Å². The average Bonchev–Trinajstić information content (AvgIpc) is 3.18. The minimum absolute atomic E-state index is 0.0112. The lowest BCUT2D eigenvalue weighted by molar-refractivity contribution is -0.140. The Morgan fingerprint density at radius 2 is 2.15 bits per heavy atom. The van der Waals surface area contributed by atoms with Crippen LogP contribution in [-0.4, -0.2) is 32.9 Å². The number of nitrogens with one attached hydrogen (secondary N) is 1. The SMILES string of the molecule is Cn1cc(C(=O)/N=C/C2CCC[C@H](Nc3cc(C(F)(F)F)nc4ccc(N)cc34)C2)c(C#N)n1. The standard InChI is InChI=1S/C23H22F3N7O/c1-33-12-17(20(10-27)32-33)22(34)29-11-13-3-2-4-15(7-13)30-19-9-21(23(24,25)26)31-18-6-5-14(28)8-16(18)19/h5-6,8-9,11-13,15H,2-4,7,28H2,1H3,(H,30,31)/b29-11+/t13?,15-/m0/s1. The molecule has 0 saturated heterocycles. The zero-order valence-electron chi connectivity index (χ0n) is 18.3. The molecule has 3 N–H and O–H groups in total. The van der Waals surface area contributed by atoms with E-state index in [0.29, 0.717) is 23.2 Å². The first-order valence-corrected chi connectivity index (χ1v) is 10.7. The lowest BCUT2D eigenvalue weighted by Gasteiger charge is -2.29. The first kappa shape index (κ1) is 23.2. The van der Waals surface area contributed by atoms with Crippen LogP contribution in [0.15, 0.2) is 35.5 Å². The van der Waals surface area contributed by atoms with Crippen molar-refractivity contribution in [2.75, 3.05) is 11.1 Å². The van der Waals surface area contributed by atoms with Crippen molar-refractivity contribution in [3.63, 3.8) is 0 Å². The van der Waals surface area contributed by atoms with Crippen molar-refractivity contribution in [3.8, 4) is 6.07 Å². The second kappa shape index (κ2) is 9.13. The fourth-order valence-electron chi connectivity index (χ4n) is 4.19. The fourth-order valence-corrected chi connectivity index (χ4v) is 4.19. The molecule has 0 radical (unpaired) electrons. The molecule has 2 aromatic heterocycles. The molecule has 1 aliphatic rings. The van der Waals surface area contributed by atoms with Gasteiger partial charge in [0.05, 0.1) is 11.1 Å². The van der Waals surface area contributed by atoms with Crippen LogP contribution >= 0.6 is 0 Å². The number of pyridine rings is 1. The van der Waals surface area contributed by atoms with Crippen molar-refractivity contribution in [1.82, 2.24) is 14.8 Å². The Bertz CT molecular complexity index is 1310. The number of carbonyl (C=O) groups excluding carboxylic acids is 1. The molecule has 34 heavy (non-hydrogen) atoms. The Balaban J connectivity index is 1.53. The van der Waals surface area contributed by atoms with Crippen LogP contribution in [0.1, 0.15) is 47.4 Å². The number of nitriles is 1. The van der Waals surface area contributed by atoms with Crippen LogP contribution in [-0.2, 0) is 13.2 Å². The Labute approximate surface area is 193 Å². The van der Waals surface area contributed by atoms with Crippen molar-refractivity contribution in [1.29, 1.82) is 5.26 Å². The highest BCUT2D eigenvalue weighted by molar-refractivity contribution is 6.00. The van der Waals surface area contributed by atoms with Crippen molar-refractivity contribution in [3.05, 3.63) is 47.4 Å². The Hall–Kier alpha value is -3.94. The van der Waals surface area contributed by atoms with Gasteiger partial charge in [0.1, 0.15) is 11.8 Å². The van der Waals surface area contributed by atoms with E-state index in [-0.39, 0.29) is 28.7 Å². The third-order valence-corrected chi connectivity index (χ3v) is 5.77. The number of alkyl halides is 3. The van der Waals surface area contributed by atoms with Gasteiger partial charge in [0.15, 0.2) is 5.69 Å². The largest absolute Gasteiger partial charge is 0.433 e. The number of aryl methyl sites for hydroxylation is 1. The van der Waals surface area contributed by atoms with Gasteiger partial charge in [-0.05, 0) is 49.4 Å². The van der Waals surface area contributed by atoms with E-state index >= 15 is 0 Å². The molecule has 0 aliphatic heterocycles. The minimum atomic E-state index is -4.58. The number of hydrogen-bond donors (Lipinski definition) is 2. The number of nitrogens with zero attached hydrogens (tertiary/aromatic N) is 5. The van der Waals surface area contributed by atoms with Crippen LogP contribution in [0, 0.1) is 17.2 Å². The van der Waals surface area contributed by atoms with E-state index < -0.39 is 17.8 Å². The van der Waals surface area contributed by atoms with E-state index in [1.165, 1.54) is 23.0 Å². The van der Waals surface area contributed by atoms with E-state index in [0.717, 1.165) is 25.3 Å². The molecule has 1 amide bonds. The Morgan fingerprint density at radius 3 is 2.88 bits per heavy atom. The molecular formula is C23H22F3N7O. The number of fused-ring (bicyclic) bond motifs is 1. The highest BCUT2D eigenvalue weighted by Gasteiger charge is 2.34. The number of rotatable bonds is 4. The zero-order valence-corrected chi connectivity index (χ0v) is 18.3. The lowest BCUT2D eigenvalue weighted by atomic mass is 9.86. The third-order valence-electron chi connectivity index (χ3n) is 5.77.